The van der Waals surface area contributed by atoms with Crippen LogP contribution in [0.1, 0.15) is 20.3 Å². The second-order valence-electron chi connectivity index (χ2n) is 4.41. The van der Waals surface area contributed by atoms with Crippen LogP contribution in [0.25, 0.3) is 0 Å². The molecule has 1 aromatic carbocycles. The Labute approximate surface area is 106 Å². The summed E-state index contributed by atoms with van der Waals surface area (Å²) in [7, 11) is 1.44. The number of hydrogen-bond acceptors (Lipinski definition) is 3. The molecule has 0 fully saturated rings. The number of carbonyl (C=O) groups excluding carboxylic acids is 1. The lowest BCUT2D eigenvalue weighted by Gasteiger charge is -2.15. The maximum absolute atomic E-state index is 13.1. The Hall–Kier alpha value is -1.62. The predicted molar refractivity (Wildman–Crippen MR) is 67.0 cm³/mol. The smallest absolute Gasteiger partial charge is 0.227 e. The van der Waals surface area contributed by atoms with Crippen LogP contribution in [0.5, 0.6) is 5.75 Å². The number of carbonyl (C=O) groups is 1. The first kappa shape index (κ1) is 14.4. The summed E-state index contributed by atoms with van der Waals surface area (Å²) in [5.41, 5.74) is 0.262. The van der Waals surface area contributed by atoms with Crippen molar-refractivity contribution in [3.8, 4) is 5.75 Å². The molecule has 1 amide bonds. The zero-order chi connectivity index (χ0) is 13.7. The zero-order valence-corrected chi connectivity index (χ0v) is 10.7. The van der Waals surface area contributed by atoms with Gasteiger partial charge in [-0.2, -0.15) is 0 Å². The van der Waals surface area contributed by atoms with Gasteiger partial charge in [0.05, 0.1) is 25.3 Å². The number of rotatable bonds is 5. The summed E-state index contributed by atoms with van der Waals surface area (Å²) in [6.07, 6.45) is -0.748. The molecule has 2 N–H and O–H groups in total. The van der Waals surface area contributed by atoms with E-state index in [1.165, 1.54) is 25.3 Å². The van der Waals surface area contributed by atoms with Crippen molar-refractivity contribution in [2.45, 2.75) is 26.4 Å². The van der Waals surface area contributed by atoms with Crippen LogP contribution in [0.2, 0.25) is 0 Å². The van der Waals surface area contributed by atoms with Gasteiger partial charge in [0.1, 0.15) is 11.6 Å². The SMILES string of the molecule is COc1ccc(F)cc1NC(=O)CC(O)C(C)C. The molecule has 0 aliphatic heterocycles. The Morgan fingerprint density at radius 3 is 2.72 bits per heavy atom. The number of benzene rings is 1. The van der Waals surface area contributed by atoms with Gasteiger partial charge in [-0.05, 0) is 18.1 Å². The summed E-state index contributed by atoms with van der Waals surface area (Å²) < 4.78 is 18.1. The Bertz CT molecular complexity index is 421. The van der Waals surface area contributed by atoms with Crippen molar-refractivity contribution in [2.75, 3.05) is 12.4 Å². The van der Waals surface area contributed by atoms with Crippen LogP contribution in [0.3, 0.4) is 0 Å². The number of methoxy groups -OCH3 is 1. The van der Waals surface area contributed by atoms with Crippen LogP contribution in [0.15, 0.2) is 18.2 Å². The van der Waals surface area contributed by atoms with E-state index in [9.17, 15) is 14.3 Å². The van der Waals surface area contributed by atoms with Crippen molar-refractivity contribution >= 4 is 11.6 Å². The molecule has 1 rings (SSSR count). The molecule has 1 unspecified atom stereocenters. The fraction of sp³-hybridized carbons (Fsp3) is 0.462. The number of hydrogen-bond donors (Lipinski definition) is 2. The van der Waals surface area contributed by atoms with Crippen LogP contribution in [-0.2, 0) is 4.79 Å². The van der Waals surface area contributed by atoms with Gasteiger partial charge in [-0.15, -0.1) is 0 Å². The molecule has 0 saturated heterocycles. The van der Waals surface area contributed by atoms with Crippen molar-refractivity contribution in [3.63, 3.8) is 0 Å². The molecule has 1 aromatic rings. The Balaban J connectivity index is 2.72. The number of amides is 1. The molecule has 1 atom stereocenters. The van der Waals surface area contributed by atoms with Gasteiger partial charge < -0.3 is 15.2 Å². The first-order chi connectivity index (χ1) is 8.43. The molecule has 0 saturated carbocycles. The Morgan fingerprint density at radius 1 is 1.50 bits per heavy atom. The highest BCUT2D eigenvalue weighted by Crippen LogP contribution is 2.25. The van der Waals surface area contributed by atoms with Gasteiger partial charge in [-0.3, -0.25) is 4.79 Å². The van der Waals surface area contributed by atoms with Gasteiger partial charge in [-0.1, -0.05) is 13.8 Å². The minimum Gasteiger partial charge on any atom is -0.495 e. The van der Waals surface area contributed by atoms with Crippen LogP contribution in [-0.4, -0.2) is 24.2 Å². The average Bonchev–Trinajstić information content (AvgIpc) is 2.28. The van der Waals surface area contributed by atoms with E-state index in [1.54, 1.807) is 0 Å². The molecule has 0 aliphatic carbocycles. The highest BCUT2D eigenvalue weighted by molar-refractivity contribution is 5.92. The summed E-state index contributed by atoms with van der Waals surface area (Å²) in [6, 6.07) is 3.86. The zero-order valence-electron chi connectivity index (χ0n) is 10.7. The van der Waals surface area contributed by atoms with Crippen molar-refractivity contribution in [1.29, 1.82) is 0 Å². The fourth-order valence-electron chi connectivity index (χ4n) is 1.40. The highest BCUT2D eigenvalue weighted by Gasteiger charge is 2.15. The average molecular weight is 255 g/mol. The molecule has 0 radical (unpaired) electrons. The summed E-state index contributed by atoms with van der Waals surface area (Å²) in [4.78, 5) is 11.7. The third-order valence-corrected chi connectivity index (χ3v) is 2.60. The van der Waals surface area contributed by atoms with Crippen molar-refractivity contribution in [2.24, 2.45) is 5.92 Å². The van der Waals surface area contributed by atoms with Crippen molar-refractivity contribution in [1.82, 2.24) is 0 Å². The van der Waals surface area contributed by atoms with E-state index in [0.29, 0.717) is 5.75 Å². The van der Waals surface area contributed by atoms with Gasteiger partial charge in [-0.25, -0.2) is 4.39 Å². The lowest BCUT2D eigenvalue weighted by Crippen LogP contribution is -2.23. The molecule has 0 bridgehead atoms. The minimum atomic E-state index is -0.718. The lowest BCUT2D eigenvalue weighted by atomic mass is 10.0. The standard InChI is InChI=1S/C13H18FNO3/c1-8(2)11(16)7-13(17)15-10-6-9(14)4-5-12(10)18-3/h4-6,8,11,16H,7H2,1-3H3,(H,15,17). The van der Waals surface area contributed by atoms with Crippen LogP contribution in [0.4, 0.5) is 10.1 Å². The monoisotopic (exact) mass is 255 g/mol. The first-order valence-electron chi connectivity index (χ1n) is 5.75. The fourth-order valence-corrected chi connectivity index (χ4v) is 1.40. The number of ether oxygens (including phenoxy) is 1. The van der Waals surface area contributed by atoms with E-state index < -0.39 is 11.9 Å². The van der Waals surface area contributed by atoms with Crippen molar-refractivity contribution in [3.05, 3.63) is 24.0 Å². The lowest BCUT2D eigenvalue weighted by molar-refractivity contribution is -0.118. The largest absolute Gasteiger partial charge is 0.495 e. The van der Waals surface area contributed by atoms with E-state index in [1.807, 2.05) is 13.8 Å². The number of aliphatic hydroxyl groups excluding tert-OH is 1. The van der Waals surface area contributed by atoms with Crippen LogP contribution in [0, 0.1) is 11.7 Å². The number of nitrogens with one attached hydrogen (secondary N) is 1. The Kier molecular flexibility index (Phi) is 5.09. The van der Waals surface area contributed by atoms with E-state index in [-0.39, 0.29) is 23.9 Å². The molecule has 0 heterocycles. The molecule has 0 aliphatic rings. The summed E-state index contributed by atoms with van der Waals surface area (Å²) in [5.74, 6) is -0.468. The third kappa shape index (κ3) is 4.00. The molecule has 5 heteroatoms. The second kappa shape index (κ2) is 6.35. The van der Waals surface area contributed by atoms with E-state index in [2.05, 4.69) is 5.32 Å². The summed E-state index contributed by atoms with van der Waals surface area (Å²) in [5, 5.41) is 12.1. The highest BCUT2D eigenvalue weighted by atomic mass is 19.1. The van der Waals surface area contributed by atoms with E-state index >= 15 is 0 Å². The molecular formula is C13H18FNO3. The molecule has 4 nitrogen and oxygen atoms in total. The van der Waals surface area contributed by atoms with Gasteiger partial charge in [0.15, 0.2) is 0 Å². The topological polar surface area (TPSA) is 58.6 Å². The van der Waals surface area contributed by atoms with E-state index in [0.717, 1.165) is 0 Å². The Morgan fingerprint density at radius 2 is 2.17 bits per heavy atom. The van der Waals surface area contributed by atoms with Crippen molar-refractivity contribution < 1.29 is 19.0 Å². The quantitative estimate of drug-likeness (QED) is 0.847. The maximum Gasteiger partial charge on any atom is 0.227 e. The molecule has 18 heavy (non-hydrogen) atoms. The summed E-state index contributed by atoms with van der Waals surface area (Å²) >= 11 is 0. The predicted octanol–water partition coefficient (Wildman–Crippen LogP) is 2.18. The maximum atomic E-state index is 13.1. The molecular weight excluding hydrogens is 237 g/mol. The third-order valence-electron chi connectivity index (χ3n) is 2.60. The number of aliphatic hydroxyl groups is 1. The van der Waals surface area contributed by atoms with Crippen LogP contribution < -0.4 is 10.1 Å². The normalized spacial score (nSPS) is 12.3. The second-order valence-corrected chi connectivity index (χ2v) is 4.41. The molecule has 100 valence electrons. The molecule has 0 spiro atoms. The van der Waals surface area contributed by atoms with E-state index in [4.69, 9.17) is 4.74 Å². The van der Waals surface area contributed by atoms with Gasteiger partial charge in [0, 0.05) is 6.07 Å². The summed E-state index contributed by atoms with van der Waals surface area (Å²) in [6.45, 7) is 3.64. The first-order valence-corrected chi connectivity index (χ1v) is 5.75. The number of anilines is 1. The minimum absolute atomic E-state index is 0.00912. The van der Waals surface area contributed by atoms with Gasteiger partial charge in [0.25, 0.3) is 0 Å². The van der Waals surface area contributed by atoms with Gasteiger partial charge in [0.2, 0.25) is 5.91 Å². The van der Waals surface area contributed by atoms with Crippen LogP contribution >= 0.6 is 0 Å². The number of halogens is 1. The molecule has 0 aromatic heterocycles. The van der Waals surface area contributed by atoms with Gasteiger partial charge >= 0.3 is 0 Å².